The van der Waals surface area contributed by atoms with Crippen LogP contribution in [0.25, 0.3) is 0 Å². The van der Waals surface area contributed by atoms with E-state index in [-0.39, 0.29) is 0 Å². The maximum Gasteiger partial charge on any atom is 0.157 e. The predicted octanol–water partition coefficient (Wildman–Crippen LogP) is 1.45. The Hall–Kier alpha value is -0.230. The van der Waals surface area contributed by atoms with Gasteiger partial charge in [-0.25, -0.2) is 4.98 Å². The summed E-state index contributed by atoms with van der Waals surface area (Å²) in [7, 11) is -0.525. The van der Waals surface area contributed by atoms with E-state index in [1.807, 2.05) is 0 Å². The highest BCUT2D eigenvalue weighted by Crippen LogP contribution is 2.44. The number of nitrogens with two attached hydrogens (primary N) is 1. The highest BCUT2D eigenvalue weighted by molar-refractivity contribution is 8.13. The Balaban J connectivity index is 2.27. The van der Waals surface area contributed by atoms with Gasteiger partial charge in [-0.15, -0.1) is 11.3 Å². The lowest BCUT2D eigenvalue weighted by molar-refractivity contribution is -0.0356. The van der Waals surface area contributed by atoms with Crippen molar-refractivity contribution in [2.75, 3.05) is 0 Å². The Kier molecular flexibility index (Phi) is 2.27. The lowest BCUT2D eigenvalue weighted by Gasteiger charge is -2.35. The van der Waals surface area contributed by atoms with Gasteiger partial charge >= 0.3 is 0 Å². The molecule has 0 aliphatic heterocycles. The van der Waals surface area contributed by atoms with Gasteiger partial charge in [0.25, 0.3) is 0 Å². The van der Waals surface area contributed by atoms with Crippen molar-refractivity contribution in [3.63, 3.8) is 0 Å². The average Bonchev–Trinajstić information content (AvgIpc) is 2.48. The zero-order chi connectivity index (χ0) is 9.47. The van der Waals surface area contributed by atoms with Crippen LogP contribution in [0.5, 0.6) is 0 Å². The van der Waals surface area contributed by atoms with Crippen molar-refractivity contribution in [3.05, 3.63) is 11.1 Å². The van der Waals surface area contributed by atoms with E-state index in [2.05, 4.69) is 10.9 Å². The molecule has 3 N–H and O–H groups in total. The molecule has 0 saturated heterocycles. The quantitative estimate of drug-likeness (QED) is 0.736. The molecule has 72 valence electrons. The summed E-state index contributed by atoms with van der Waals surface area (Å²) in [5.41, 5.74) is -0.602. The fraction of sp³-hybridized carbons (Fsp3) is 0.500. The molecular weight excluding hydrogens is 204 g/mol. The van der Waals surface area contributed by atoms with Gasteiger partial charge in [0, 0.05) is 6.20 Å². The Morgan fingerprint density at radius 3 is 2.77 bits per heavy atom. The molecular formula is C8H12N2OS2. The van der Waals surface area contributed by atoms with Crippen LogP contribution in [0.4, 0.5) is 0 Å². The standard InChI is InChI=1S/C8H12N2OS2/c1-13(9)7-10-5-6(12-7)8(11)3-2-4-8/h5,11H,1-4,9H2. The highest BCUT2D eigenvalue weighted by atomic mass is 32.2. The van der Waals surface area contributed by atoms with Gasteiger partial charge in [-0.1, -0.05) is 16.5 Å². The molecule has 1 aromatic rings. The van der Waals surface area contributed by atoms with E-state index in [1.54, 1.807) is 6.20 Å². The maximum absolute atomic E-state index is 9.99. The molecule has 0 amide bonds. The Morgan fingerprint density at radius 1 is 1.69 bits per heavy atom. The second-order valence-corrected chi connectivity index (χ2v) is 5.84. The minimum Gasteiger partial charge on any atom is -0.384 e. The van der Waals surface area contributed by atoms with Gasteiger partial charge in [-0.2, -0.15) is 0 Å². The van der Waals surface area contributed by atoms with Crippen molar-refractivity contribution in [2.45, 2.75) is 29.2 Å². The number of thiazole rings is 1. The molecule has 1 unspecified atom stereocenters. The molecule has 1 fully saturated rings. The number of aliphatic hydroxyl groups is 1. The molecule has 3 nitrogen and oxygen atoms in total. The van der Waals surface area contributed by atoms with Crippen LogP contribution in [0.15, 0.2) is 10.5 Å². The Labute approximate surface area is 83.7 Å². The van der Waals surface area contributed by atoms with Crippen LogP contribution in [-0.4, -0.2) is 16.0 Å². The van der Waals surface area contributed by atoms with Crippen LogP contribution in [0.3, 0.4) is 0 Å². The SMILES string of the molecule is C=S(N)c1ncc(C2(O)CCC2)s1. The van der Waals surface area contributed by atoms with Gasteiger partial charge in [0.2, 0.25) is 0 Å². The van der Waals surface area contributed by atoms with Gasteiger partial charge in [0.05, 0.1) is 4.88 Å². The molecule has 13 heavy (non-hydrogen) atoms. The van der Waals surface area contributed by atoms with E-state index in [1.165, 1.54) is 11.3 Å². The number of hydrogen-bond acceptors (Lipinski definition) is 4. The Bertz CT molecular complexity index is 344. The summed E-state index contributed by atoms with van der Waals surface area (Å²) in [6, 6.07) is 0. The summed E-state index contributed by atoms with van der Waals surface area (Å²) < 4.78 is 0.829. The van der Waals surface area contributed by atoms with Crippen molar-refractivity contribution < 1.29 is 5.11 Å². The molecule has 2 rings (SSSR count). The van der Waals surface area contributed by atoms with Crippen LogP contribution in [0.2, 0.25) is 0 Å². The van der Waals surface area contributed by atoms with E-state index in [9.17, 15) is 5.11 Å². The normalized spacial score (nSPS) is 22.3. The smallest absolute Gasteiger partial charge is 0.157 e. The monoisotopic (exact) mass is 216 g/mol. The summed E-state index contributed by atoms with van der Waals surface area (Å²) >= 11 is 1.49. The molecule has 0 bridgehead atoms. The fourth-order valence-electron chi connectivity index (χ4n) is 1.35. The predicted molar refractivity (Wildman–Crippen MR) is 57.0 cm³/mol. The third-order valence-corrected chi connectivity index (χ3v) is 4.78. The number of aromatic nitrogens is 1. The van der Waals surface area contributed by atoms with E-state index in [0.717, 1.165) is 28.5 Å². The van der Waals surface area contributed by atoms with Crippen molar-refractivity contribution in [1.29, 1.82) is 0 Å². The first-order valence-electron chi connectivity index (χ1n) is 4.09. The largest absolute Gasteiger partial charge is 0.384 e. The van der Waals surface area contributed by atoms with E-state index < -0.39 is 16.3 Å². The van der Waals surface area contributed by atoms with Crippen molar-refractivity contribution in [3.8, 4) is 0 Å². The minimum absolute atomic E-state index is 0.525. The summed E-state index contributed by atoms with van der Waals surface area (Å²) in [6.45, 7) is 0. The number of nitrogens with zero attached hydrogens (tertiary/aromatic N) is 1. The van der Waals surface area contributed by atoms with Crippen molar-refractivity contribution in [2.24, 2.45) is 5.14 Å². The van der Waals surface area contributed by atoms with Crippen LogP contribution in [0, 0.1) is 0 Å². The maximum atomic E-state index is 9.99. The highest BCUT2D eigenvalue weighted by Gasteiger charge is 2.37. The van der Waals surface area contributed by atoms with Gasteiger partial charge in [-0.3, -0.25) is 5.14 Å². The number of rotatable bonds is 2. The summed E-state index contributed by atoms with van der Waals surface area (Å²) in [6.07, 6.45) is 4.54. The summed E-state index contributed by atoms with van der Waals surface area (Å²) in [5, 5.41) is 15.6. The molecule has 1 aliphatic carbocycles. The van der Waals surface area contributed by atoms with Crippen LogP contribution < -0.4 is 5.14 Å². The molecule has 0 spiro atoms. The molecule has 1 heterocycles. The van der Waals surface area contributed by atoms with Crippen LogP contribution in [0.1, 0.15) is 24.1 Å². The van der Waals surface area contributed by atoms with E-state index in [4.69, 9.17) is 5.14 Å². The molecule has 1 aliphatic rings. The Morgan fingerprint density at radius 2 is 2.38 bits per heavy atom. The van der Waals surface area contributed by atoms with E-state index in [0.29, 0.717) is 0 Å². The molecule has 0 aromatic carbocycles. The second-order valence-electron chi connectivity index (χ2n) is 3.30. The molecule has 5 heteroatoms. The topological polar surface area (TPSA) is 59.1 Å². The fourth-order valence-corrected chi connectivity index (χ4v) is 3.03. The first-order valence-corrected chi connectivity index (χ1v) is 6.36. The van der Waals surface area contributed by atoms with E-state index >= 15 is 0 Å². The van der Waals surface area contributed by atoms with Crippen LogP contribution >= 0.6 is 22.0 Å². The third kappa shape index (κ3) is 1.57. The lowest BCUT2D eigenvalue weighted by atomic mass is 9.79. The molecule has 1 aromatic heterocycles. The molecule has 0 radical (unpaired) electrons. The van der Waals surface area contributed by atoms with Gasteiger partial charge in [0.1, 0.15) is 5.60 Å². The summed E-state index contributed by atoms with van der Waals surface area (Å²) in [4.78, 5) is 5.09. The lowest BCUT2D eigenvalue weighted by Crippen LogP contribution is -2.32. The molecule has 1 atom stereocenters. The first-order chi connectivity index (χ1) is 6.12. The first kappa shape index (κ1) is 9.33. The average molecular weight is 216 g/mol. The minimum atomic E-state index is -0.602. The van der Waals surface area contributed by atoms with Gasteiger partial charge < -0.3 is 5.11 Å². The zero-order valence-corrected chi connectivity index (χ0v) is 8.83. The second kappa shape index (κ2) is 3.16. The summed E-state index contributed by atoms with van der Waals surface area (Å²) in [5.74, 6) is 3.72. The van der Waals surface area contributed by atoms with Gasteiger partial charge in [-0.05, 0) is 19.3 Å². The third-order valence-electron chi connectivity index (χ3n) is 2.35. The van der Waals surface area contributed by atoms with Crippen LogP contribution in [-0.2, 0) is 5.60 Å². The zero-order valence-electron chi connectivity index (χ0n) is 7.19. The number of hydrogen-bond donors (Lipinski definition) is 2. The van der Waals surface area contributed by atoms with Crippen molar-refractivity contribution >= 4 is 27.9 Å². The van der Waals surface area contributed by atoms with Gasteiger partial charge in [0.15, 0.2) is 4.34 Å². The van der Waals surface area contributed by atoms with Crippen molar-refractivity contribution in [1.82, 2.24) is 4.98 Å². The molecule has 1 saturated carbocycles.